The van der Waals surface area contributed by atoms with Gasteiger partial charge in [-0.3, -0.25) is 14.7 Å². The third-order valence-corrected chi connectivity index (χ3v) is 6.09. The highest BCUT2D eigenvalue weighted by molar-refractivity contribution is 6.31. The molecule has 0 bridgehead atoms. The second kappa shape index (κ2) is 7.68. The molecule has 0 aliphatic carbocycles. The summed E-state index contributed by atoms with van der Waals surface area (Å²) in [5, 5.41) is 7.53. The second-order valence-corrected chi connectivity index (χ2v) is 8.12. The normalized spacial score (nSPS) is 20.7. The van der Waals surface area contributed by atoms with Gasteiger partial charge in [-0.1, -0.05) is 24.9 Å². The number of benzene rings is 1. The summed E-state index contributed by atoms with van der Waals surface area (Å²) in [6.45, 7) is 6.98. The summed E-state index contributed by atoms with van der Waals surface area (Å²) in [7, 11) is 0. The van der Waals surface area contributed by atoms with Crippen LogP contribution in [0.3, 0.4) is 0 Å². The minimum atomic E-state index is -0.123. The largest absolute Gasteiger partial charge is 0.362 e. The van der Waals surface area contributed by atoms with E-state index in [1.165, 1.54) is 0 Å². The summed E-state index contributed by atoms with van der Waals surface area (Å²) in [5.74, 6) is 1.22. The Morgan fingerprint density at radius 2 is 2.15 bits per heavy atom. The maximum Gasteiger partial charge on any atom is 0.234 e. The first-order chi connectivity index (χ1) is 13.1. The Hall–Kier alpha value is -1.79. The van der Waals surface area contributed by atoms with Crippen molar-refractivity contribution in [1.82, 2.24) is 15.1 Å². The van der Waals surface area contributed by atoms with Crippen molar-refractivity contribution in [3.05, 3.63) is 28.8 Å². The smallest absolute Gasteiger partial charge is 0.234 e. The number of amides is 1. The summed E-state index contributed by atoms with van der Waals surface area (Å²) in [6, 6.07) is 5.99. The van der Waals surface area contributed by atoms with Gasteiger partial charge < -0.3 is 15.5 Å². The summed E-state index contributed by atoms with van der Waals surface area (Å²) in [6.07, 6.45) is 4.06. The van der Waals surface area contributed by atoms with Crippen LogP contribution < -0.4 is 10.6 Å². The summed E-state index contributed by atoms with van der Waals surface area (Å²) >= 11 is 6.23. The van der Waals surface area contributed by atoms with Crippen molar-refractivity contribution >= 4 is 29.0 Å². The van der Waals surface area contributed by atoms with Crippen LogP contribution in [0, 0.1) is 0 Å². The average Bonchev–Trinajstić information content (AvgIpc) is 3.15. The van der Waals surface area contributed by atoms with E-state index in [-0.39, 0.29) is 11.6 Å². The molecule has 1 saturated heterocycles. The summed E-state index contributed by atoms with van der Waals surface area (Å²) in [4.78, 5) is 21.6. The zero-order valence-electron chi connectivity index (χ0n) is 15.9. The summed E-state index contributed by atoms with van der Waals surface area (Å²) < 4.78 is 0. The minimum absolute atomic E-state index is 0.123. The number of carbonyl (C=O) groups is 1. The molecule has 0 saturated carbocycles. The molecule has 1 amide bonds. The predicted octanol–water partition coefficient (Wildman–Crippen LogP) is 2.54. The Balaban J connectivity index is 1.43. The van der Waals surface area contributed by atoms with Crippen LogP contribution in [0.15, 0.2) is 23.2 Å². The van der Waals surface area contributed by atoms with Gasteiger partial charge in [0.2, 0.25) is 5.91 Å². The van der Waals surface area contributed by atoms with Crippen molar-refractivity contribution in [2.24, 2.45) is 4.99 Å². The molecule has 1 spiro atoms. The molecule has 6 nitrogen and oxygen atoms in total. The molecule has 3 aliphatic heterocycles. The van der Waals surface area contributed by atoms with Gasteiger partial charge in [0.05, 0.1) is 13.1 Å². The van der Waals surface area contributed by atoms with Gasteiger partial charge in [0, 0.05) is 55.3 Å². The van der Waals surface area contributed by atoms with Crippen molar-refractivity contribution in [1.29, 1.82) is 0 Å². The zero-order valence-corrected chi connectivity index (χ0v) is 16.7. The van der Waals surface area contributed by atoms with Crippen LogP contribution in [0.5, 0.6) is 0 Å². The highest BCUT2D eigenvalue weighted by atomic mass is 35.5. The molecule has 0 unspecified atom stereocenters. The first-order valence-electron chi connectivity index (χ1n) is 10.0. The molecule has 27 heavy (non-hydrogen) atoms. The lowest BCUT2D eigenvalue weighted by Gasteiger charge is -2.52. The molecule has 2 N–H and O–H groups in total. The fraction of sp³-hybridized carbons (Fsp3) is 0.600. The maximum absolute atomic E-state index is 12.1. The fourth-order valence-corrected chi connectivity index (χ4v) is 4.54. The van der Waals surface area contributed by atoms with Crippen molar-refractivity contribution in [3.63, 3.8) is 0 Å². The number of rotatable bonds is 5. The van der Waals surface area contributed by atoms with Gasteiger partial charge in [0.15, 0.2) is 0 Å². The number of fused-ring (bicyclic) bond motifs is 4. The van der Waals surface area contributed by atoms with E-state index in [1.54, 1.807) is 0 Å². The molecule has 1 aromatic rings. The van der Waals surface area contributed by atoms with Crippen LogP contribution in [0.1, 0.15) is 38.2 Å². The first-order valence-corrected chi connectivity index (χ1v) is 10.4. The Kier molecular flexibility index (Phi) is 5.28. The molecule has 0 atom stereocenters. The van der Waals surface area contributed by atoms with Crippen molar-refractivity contribution < 1.29 is 4.79 Å². The monoisotopic (exact) mass is 389 g/mol. The predicted molar refractivity (Wildman–Crippen MR) is 110 cm³/mol. The van der Waals surface area contributed by atoms with E-state index in [0.29, 0.717) is 6.54 Å². The fourth-order valence-electron chi connectivity index (χ4n) is 4.37. The van der Waals surface area contributed by atoms with Crippen LogP contribution in [0.2, 0.25) is 5.02 Å². The number of amidine groups is 1. The lowest BCUT2D eigenvalue weighted by atomic mass is 9.90. The number of nitrogens with one attached hydrogen (secondary N) is 2. The Labute approximate surface area is 166 Å². The number of anilines is 1. The number of piperidine rings is 1. The van der Waals surface area contributed by atoms with Crippen molar-refractivity contribution in [2.45, 2.75) is 38.3 Å². The number of aliphatic imine (C=N–C) groups is 1. The Bertz CT molecular complexity index is 742. The van der Waals surface area contributed by atoms with Crippen LogP contribution in [-0.2, 0) is 4.79 Å². The second-order valence-electron chi connectivity index (χ2n) is 7.68. The van der Waals surface area contributed by atoms with E-state index in [9.17, 15) is 4.79 Å². The van der Waals surface area contributed by atoms with E-state index in [0.717, 1.165) is 80.5 Å². The number of hydrogen-bond acceptors (Lipinski definition) is 5. The first kappa shape index (κ1) is 18.6. The molecule has 4 rings (SSSR count). The van der Waals surface area contributed by atoms with Crippen LogP contribution in [-0.4, -0.2) is 66.5 Å². The third-order valence-electron chi connectivity index (χ3n) is 5.85. The average molecular weight is 390 g/mol. The SMILES string of the molecule is CCCCNC(=O)CN1CCC2(CC1)Nc1cc(Cl)ccc1C1=NCCN12. The lowest BCUT2D eigenvalue weighted by molar-refractivity contribution is -0.122. The number of hydrogen-bond donors (Lipinski definition) is 2. The molecular formula is C20H28ClN5O. The Morgan fingerprint density at radius 3 is 2.93 bits per heavy atom. The minimum Gasteiger partial charge on any atom is -0.362 e. The standard InChI is InChI=1S/C20H28ClN5O/c1-2-3-8-22-18(27)14-25-10-6-20(7-11-25)24-17-13-15(21)4-5-16(17)19-23-9-12-26(19)20/h4-5,13,24H,2-3,6-12,14H2,1H3,(H,22,27). The van der Waals surface area contributed by atoms with Gasteiger partial charge in [-0.15, -0.1) is 0 Å². The maximum atomic E-state index is 12.1. The zero-order chi connectivity index (χ0) is 18.9. The van der Waals surface area contributed by atoms with E-state index in [4.69, 9.17) is 16.6 Å². The van der Waals surface area contributed by atoms with Crippen LogP contribution in [0.25, 0.3) is 0 Å². The van der Waals surface area contributed by atoms with Crippen molar-refractivity contribution in [2.75, 3.05) is 44.6 Å². The molecule has 1 fully saturated rings. The molecular weight excluding hydrogens is 362 g/mol. The van der Waals surface area contributed by atoms with Gasteiger partial charge in [-0.05, 0) is 24.6 Å². The molecule has 146 valence electrons. The molecule has 3 aliphatic rings. The van der Waals surface area contributed by atoms with E-state index in [2.05, 4.69) is 33.4 Å². The summed E-state index contributed by atoms with van der Waals surface area (Å²) in [5.41, 5.74) is 2.09. The molecule has 3 heterocycles. The quantitative estimate of drug-likeness (QED) is 0.760. The number of unbranched alkanes of at least 4 members (excludes halogenated alkanes) is 1. The van der Waals surface area contributed by atoms with E-state index < -0.39 is 0 Å². The van der Waals surface area contributed by atoms with Crippen molar-refractivity contribution in [3.8, 4) is 0 Å². The lowest BCUT2D eigenvalue weighted by Crippen LogP contribution is -2.63. The van der Waals surface area contributed by atoms with Crippen LogP contribution >= 0.6 is 11.6 Å². The van der Waals surface area contributed by atoms with E-state index >= 15 is 0 Å². The van der Waals surface area contributed by atoms with Gasteiger partial charge in [0.1, 0.15) is 11.5 Å². The third kappa shape index (κ3) is 3.65. The van der Waals surface area contributed by atoms with Gasteiger partial charge in [-0.2, -0.15) is 0 Å². The van der Waals surface area contributed by atoms with Gasteiger partial charge in [0.25, 0.3) is 0 Å². The number of carbonyl (C=O) groups excluding carboxylic acids is 1. The van der Waals surface area contributed by atoms with Gasteiger partial charge in [-0.25, -0.2) is 0 Å². The molecule has 1 aromatic carbocycles. The molecule has 0 radical (unpaired) electrons. The number of nitrogens with zero attached hydrogens (tertiary/aromatic N) is 3. The van der Waals surface area contributed by atoms with Crippen LogP contribution in [0.4, 0.5) is 5.69 Å². The number of likely N-dealkylation sites (tertiary alicyclic amines) is 1. The Morgan fingerprint density at radius 1 is 1.33 bits per heavy atom. The highest BCUT2D eigenvalue weighted by Crippen LogP contribution is 2.40. The number of halogens is 1. The molecule has 0 aromatic heterocycles. The highest BCUT2D eigenvalue weighted by Gasteiger charge is 2.46. The molecule has 7 heteroatoms. The van der Waals surface area contributed by atoms with Gasteiger partial charge >= 0.3 is 0 Å². The van der Waals surface area contributed by atoms with E-state index in [1.807, 2.05) is 12.1 Å². The topological polar surface area (TPSA) is 60.0 Å².